The zero-order valence-electron chi connectivity index (χ0n) is 13.9. The first-order chi connectivity index (χ1) is 11.6. The minimum Gasteiger partial charge on any atom is -0.353 e. The van der Waals surface area contributed by atoms with Crippen molar-refractivity contribution < 1.29 is 4.79 Å². The molecule has 4 nitrogen and oxygen atoms in total. The van der Waals surface area contributed by atoms with Crippen LogP contribution < -0.4 is 10.6 Å². The lowest BCUT2D eigenvalue weighted by atomic mass is 10.0. The number of carbonyl (C=O) groups excluding carboxylic acids is 1. The number of nitrogens with zero attached hydrogens (tertiary/aromatic N) is 1. The first kappa shape index (κ1) is 15.4. The average Bonchev–Trinajstić information content (AvgIpc) is 2.93. The minimum absolute atomic E-state index is 0.0524. The second kappa shape index (κ2) is 6.07. The van der Waals surface area contributed by atoms with Crippen molar-refractivity contribution in [2.45, 2.75) is 26.1 Å². The van der Waals surface area contributed by atoms with Crippen molar-refractivity contribution in [3.05, 3.63) is 57.5 Å². The van der Waals surface area contributed by atoms with E-state index in [-0.39, 0.29) is 12.1 Å². The summed E-state index contributed by atoms with van der Waals surface area (Å²) in [5, 5.41) is 7.65. The number of benzene rings is 1. The normalized spacial score (nSPS) is 20.8. The summed E-state index contributed by atoms with van der Waals surface area (Å²) in [6, 6.07) is 10.2. The number of rotatable bonds is 2. The van der Waals surface area contributed by atoms with Crippen molar-refractivity contribution >= 4 is 28.3 Å². The predicted molar refractivity (Wildman–Crippen MR) is 99.3 cm³/mol. The van der Waals surface area contributed by atoms with Crippen LogP contribution >= 0.6 is 11.3 Å². The molecule has 2 N–H and O–H groups in total. The van der Waals surface area contributed by atoms with Gasteiger partial charge in [-0.05, 0) is 37.1 Å². The van der Waals surface area contributed by atoms with Crippen molar-refractivity contribution in [2.75, 3.05) is 18.9 Å². The number of hydrogen-bond donors (Lipinski definition) is 2. The number of thiophene rings is 1. The first-order valence-corrected chi connectivity index (χ1v) is 9.07. The van der Waals surface area contributed by atoms with Crippen LogP contribution in [0.25, 0.3) is 6.08 Å². The molecule has 0 aliphatic carbocycles. The molecule has 0 saturated heterocycles. The number of fused-ring (bicyclic) bond motifs is 3. The highest BCUT2D eigenvalue weighted by Crippen LogP contribution is 2.39. The molecule has 1 amide bonds. The highest BCUT2D eigenvalue weighted by Gasteiger charge is 2.32. The summed E-state index contributed by atoms with van der Waals surface area (Å²) < 4.78 is 0. The fraction of sp³-hybridized carbons (Fsp3) is 0.316. The first-order valence-electron chi connectivity index (χ1n) is 8.25. The molecule has 4 rings (SSSR count). The van der Waals surface area contributed by atoms with E-state index in [1.54, 1.807) is 11.3 Å². The Morgan fingerprint density at radius 1 is 1.29 bits per heavy atom. The molecule has 0 spiro atoms. The van der Waals surface area contributed by atoms with Crippen molar-refractivity contribution in [3.8, 4) is 0 Å². The van der Waals surface area contributed by atoms with Crippen LogP contribution in [0.5, 0.6) is 0 Å². The zero-order valence-corrected chi connectivity index (χ0v) is 14.7. The Hall–Kier alpha value is -2.11. The molecular formula is C19H21N3OS. The predicted octanol–water partition coefficient (Wildman–Crippen LogP) is 3.32. The summed E-state index contributed by atoms with van der Waals surface area (Å²) in [6.45, 7) is 4.00. The largest absolute Gasteiger partial charge is 0.353 e. The topological polar surface area (TPSA) is 44.4 Å². The van der Waals surface area contributed by atoms with Gasteiger partial charge in [0.25, 0.3) is 5.91 Å². The monoisotopic (exact) mass is 339 g/mol. The van der Waals surface area contributed by atoms with Crippen LogP contribution in [0.15, 0.2) is 35.9 Å². The Morgan fingerprint density at radius 3 is 2.88 bits per heavy atom. The van der Waals surface area contributed by atoms with Gasteiger partial charge in [-0.3, -0.25) is 4.79 Å². The van der Waals surface area contributed by atoms with E-state index in [4.69, 9.17) is 0 Å². The molecule has 0 unspecified atom stereocenters. The Balaban J connectivity index is 1.63. The van der Waals surface area contributed by atoms with Crippen molar-refractivity contribution in [1.29, 1.82) is 0 Å². The molecule has 2 aromatic rings. The summed E-state index contributed by atoms with van der Waals surface area (Å²) in [5.74, 6) is 0.0524. The summed E-state index contributed by atoms with van der Waals surface area (Å²) in [7, 11) is 2.13. The molecule has 124 valence electrons. The van der Waals surface area contributed by atoms with Gasteiger partial charge in [0, 0.05) is 18.0 Å². The molecule has 1 atom stereocenters. The molecular weight excluding hydrogens is 318 g/mol. The van der Waals surface area contributed by atoms with E-state index < -0.39 is 0 Å². The molecule has 0 saturated carbocycles. The maximum Gasteiger partial charge on any atom is 0.256 e. The highest BCUT2D eigenvalue weighted by atomic mass is 32.1. The zero-order chi connectivity index (χ0) is 16.7. The fourth-order valence-electron chi connectivity index (χ4n) is 3.37. The summed E-state index contributed by atoms with van der Waals surface area (Å²) in [5.41, 5.74) is 4.35. The van der Waals surface area contributed by atoms with Gasteiger partial charge in [0.05, 0.1) is 5.56 Å². The van der Waals surface area contributed by atoms with E-state index in [0.717, 1.165) is 41.2 Å². The number of nitrogens with one attached hydrogen (secondary N) is 2. The van der Waals surface area contributed by atoms with Crippen LogP contribution in [-0.4, -0.2) is 30.6 Å². The van der Waals surface area contributed by atoms with E-state index in [9.17, 15) is 4.79 Å². The number of hydrogen-bond acceptors (Lipinski definition) is 4. The number of anilines is 1. The fourth-order valence-corrected chi connectivity index (χ4v) is 4.72. The maximum absolute atomic E-state index is 12.7. The molecule has 0 fully saturated rings. The average molecular weight is 339 g/mol. The van der Waals surface area contributed by atoms with Gasteiger partial charge < -0.3 is 15.5 Å². The van der Waals surface area contributed by atoms with Crippen LogP contribution in [0, 0.1) is 0 Å². The van der Waals surface area contributed by atoms with E-state index in [2.05, 4.69) is 47.7 Å². The highest BCUT2D eigenvalue weighted by molar-refractivity contribution is 7.16. The van der Waals surface area contributed by atoms with E-state index in [1.165, 1.54) is 10.4 Å². The van der Waals surface area contributed by atoms with E-state index in [0.29, 0.717) is 0 Å². The number of likely N-dealkylation sites (N-methyl/N-ethyl adjacent to an activating group) is 1. The molecule has 3 heterocycles. The van der Waals surface area contributed by atoms with Gasteiger partial charge in [0.1, 0.15) is 11.2 Å². The third-order valence-electron chi connectivity index (χ3n) is 4.67. The number of carbonyl (C=O) groups is 1. The second-order valence-electron chi connectivity index (χ2n) is 6.55. The molecule has 1 aromatic heterocycles. The van der Waals surface area contributed by atoms with Gasteiger partial charge in [-0.2, -0.15) is 0 Å². The lowest BCUT2D eigenvalue weighted by Crippen LogP contribution is -2.45. The van der Waals surface area contributed by atoms with E-state index >= 15 is 0 Å². The second-order valence-corrected chi connectivity index (χ2v) is 7.65. The SMILES string of the molecule is CC(=Cc1ccccc1)[C@@H]1NC(=O)c2c(sc3c2CCN(C)C3)N1. The summed E-state index contributed by atoms with van der Waals surface area (Å²) in [4.78, 5) is 16.3. The summed E-state index contributed by atoms with van der Waals surface area (Å²) in [6.07, 6.45) is 2.92. The molecule has 2 aliphatic rings. The lowest BCUT2D eigenvalue weighted by molar-refractivity contribution is 0.0940. The minimum atomic E-state index is -0.150. The molecule has 2 aliphatic heterocycles. The van der Waals surface area contributed by atoms with Gasteiger partial charge in [-0.25, -0.2) is 0 Å². The van der Waals surface area contributed by atoms with Gasteiger partial charge >= 0.3 is 0 Å². The van der Waals surface area contributed by atoms with Crippen LogP contribution in [0.3, 0.4) is 0 Å². The third kappa shape index (κ3) is 2.74. The molecule has 0 bridgehead atoms. The molecule has 24 heavy (non-hydrogen) atoms. The van der Waals surface area contributed by atoms with Crippen LogP contribution in [0.4, 0.5) is 5.00 Å². The quantitative estimate of drug-likeness (QED) is 0.882. The Morgan fingerprint density at radius 2 is 2.08 bits per heavy atom. The number of amides is 1. The Labute approximate surface area is 146 Å². The Kier molecular flexibility index (Phi) is 3.90. The van der Waals surface area contributed by atoms with Gasteiger partial charge in [0.2, 0.25) is 0 Å². The van der Waals surface area contributed by atoms with Crippen LogP contribution in [0.2, 0.25) is 0 Å². The third-order valence-corrected chi connectivity index (χ3v) is 5.82. The lowest BCUT2D eigenvalue weighted by Gasteiger charge is -2.27. The molecule has 0 radical (unpaired) electrons. The smallest absolute Gasteiger partial charge is 0.256 e. The summed E-state index contributed by atoms with van der Waals surface area (Å²) >= 11 is 1.73. The van der Waals surface area contributed by atoms with Crippen LogP contribution in [0.1, 0.15) is 33.3 Å². The van der Waals surface area contributed by atoms with Crippen molar-refractivity contribution in [1.82, 2.24) is 10.2 Å². The Bertz CT molecular complexity index is 810. The van der Waals surface area contributed by atoms with Crippen molar-refractivity contribution in [2.24, 2.45) is 0 Å². The van der Waals surface area contributed by atoms with Gasteiger partial charge in [-0.1, -0.05) is 36.4 Å². The van der Waals surface area contributed by atoms with Crippen LogP contribution in [-0.2, 0) is 13.0 Å². The maximum atomic E-state index is 12.7. The van der Waals surface area contributed by atoms with E-state index in [1.807, 2.05) is 18.2 Å². The molecule has 5 heteroatoms. The van der Waals surface area contributed by atoms with Gasteiger partial charge in [0.15, 0.2) is 0 Å². The molecule has 1 aromatic carbocycles. The van der Waals surface area contributed by atoms with Gasteiger partial charge in [-0.15, -0.1) is 11.3 Å². The van der Waals surface area contributed by atoms with Crippen molar-refractivity contribution in [3.63, 3.8) is 0 Å². The standard InChI is InChI=1S/C19H21N3OS/c1-12(10-13-6-4-3-5-7-13)17-20-18(23)16-14-8-9-22(2)11-15(14)24-19(16)21-17/h3-7,10,17,21H,8-9,11H2,1-2H3,(H,20,23)/t17-/m1/s1.